The lowest BCUT2D eigenvalue weighted by atomic mass is 9.88. The predicted molar refractivity (Wildman–Crippen MR) is 108 cm³/mol. The van der Waals surface area contributed by atoms with Crippen molar-refractivity contribution in [2.45, 2.75) is 32.2 Å². The van der Waals surface area contributed by atoms with E-state index in [1.807, 2.05) is 10.9 Å². The van der Waals surface area contributed by atoms with Crippen LogP contribution in [-0.2, 0) is 13.0 Å². The van der Waals surface area contributed by atoms with Crippen molar-refractivity contribution >= 4 is 23.2 Å². The number of halogens is 1. The van der Waals surface area contributed by atoms with Gasteiger partial charge in [0.15, 0.2) is 0 Å². The number of ether oxygens (including phenoxy) is 1. The molecule has 1 aliphatic rings. The molecule has 3 rings (SSSR count). The third kappa shape index (κ3) is 4.74. The highest BCUT2D eigenvalue weighted by atomic mass is 35.5. The SMILES string of the molecule is COc1c(C(N)=O)cc(Cl)c(N)c1CC1CCN(CCCn2ccnn2)CC1. The molecule has 1 fully saturated rings. The van der Waals surface area contributed by atoms with E-state index in [-0.39, 0.29) is 5.56 Å². The van der Waals surface area contributed by atoms with Crippen molar-refractivity contribution in [1.82, 2.24) is 19.9 Å². The topological polar surface area (TPSA) is 112 Å². The van der Waals surface area contributed by atoms with Crippen LogP contribution in [0.3, 0.4) is 0 Å². The van der Waals surface area contributed by atoms with Gasteiger partial charge in [0.2, 0.25) is 0 Å². The van der Waals surface area contributed by atoms with Crippen molar-refractivity contribution in [1.29, 1.82) is 0 Å². The van der Waals surface area contributed by atoms with E-state index < -0.39 is 5.91 Å². The normalized spacial score (nSPS) is 15.6. The van der Waals surface area contributed by atoms with E-state index in [9.17, 15) is 4.79 Å². The first-order valence-corrected chi connectivity index (χ1v) is 9.88. The third-order valence-corrected chi connectivity index (χ3v) is 5.69. The molecule has 0 saturated carbocycles. The van der Waals surface area contributed by atoms with Crippen LogP contribution in [0.15, 0.2) is 18.5 Å². The zero-order valence-electron chi connectivity index (χ0n) is 16.1. The average Bonchev–Trinajstić information content (AvgIpc) is 3.20. The molecule has 0 radical (unpaired) electrons. The maximum Gasteiger partial charge on any atom is 0.252 e. The third-order valence-electron chi connectivity index (χ3n) is 5.38. The molecule has 0 aliphatic carbocycles. The van der Waals surface area contributed by atoms with Gasteiger partial charge in [0.25, 0.3) is 5.91 Å². The minimum atomic E-state index is -0.567. The molecule has 1 aromatic heterocycles. The zero-order valence-corrected chi connectivity index (χ0v) is 16.9. The number of piperidine rings is 1. The van der Waals surface area contributed by atoms with Crippen molar-refractivity contribution in [3.05, 3.63) is 34.6 Å². The molecule has 1 saturated heterocycles. The number of carbonyl (C=O) groups is 1. The Kier molecular flexibility index (Phi) is 6.74. The average molecular weight is 407 g/mol. The molecule has 2 aromatic rings. The summed E-state index contributed by atoms with van der Waals surface area (Å²) in [6.45, 7) is 3.99. The van der Waals surface area contributed by atoms with Crippen LogP contribution in [0.1, 0.15) is 35.2 Å². The van der Waals surface area contributed by atoms with E-state index in [4.69, 9.17) is 27.8 Å². The van der Waals surface area contributed by atoms with Crippen molar-refractivity contribution in [2.75, 3.05) is 32.5 Å². The number of rotatable bonds is 8. The van der Waals surface area contributed by atoms with Gasteiger partial charge in [-0.25, -0.2) is 0 Å². The Morgan fingerprint density at radius 3 is 2.71 bits per heavy atom. The standard InChI is InChI=1S/C19H27ClN6O2/c1-28-18-14(17(21)16(20)12-15(18)19(22)27)11-13-3-8-25(9-4-13)6-2-7-26-10-5-23-24-26/h5,10,12-13H,2-4,6-9,11,21H2,1H3,(H2,22,27). The van der Waals surface area contributed by atoms with Gasteiger partial charge in [0.1, 0.15) is 5.75 Å². The van der Waals surface area contributed by atoms with Gasteiger partial charge in [-0.1, -0.05) is 16.8 Å². The second-order valence-corrected chi connectivity index (χ2v) is 7.61. The number of hydrogen-bond donors (Lipinski definition) is 2. The first-order valence-electron chi connectivity index (χ1n) is 9.50. The maximum absolute atomic E-state index is 11.7. The van der Waals surface area contributed by atoms with Gasteiger partial charge >= 0.3 is 0 Å². The number of benzene rings is 1. The van der Waals surface area contributed by atoms with Crippen molar-refractivity contribution in [3.8, 4) is 5.75 Å². The number of hydrogen-bond acceptors (Lipinski definition) is 6. The Morgan fingerprint density at radius 1 is 1.36 bits per heavy atom. The quantitative estimate of drug-likeness (QED) is 0.648. The number of nitrogen functional groups attached to an aromatic ring is 1. The number of anilines is 1. The van der Waals surface area contributed by atoms with Crippen molar-refractivity contribution in [3.63, 3.8) is 0 Å². The smallest absolute Gasteiger partial charge is 0.252 e. The van der Waals surface area contributed by atoms with Crippen LogP contribution in [0.5, 0.6) is 5.75 Å². The van der Waals surface area contributed by atoms with E-state index in [0.717, 1.165) is 57.4 Å². The highest BCUT2D eigenvalue weighted by Crippen LogP contribution is 2.37. The van der Waals surface area contributed by atoms with Crippen LogP contribution in [0.2, 0.25) is 5.02 Å². The largest absolute Gasteiger partial charge is 0.496 e. The summed E-state index contributed by atoms with van der Waals surface area (Å²) in [4.78, 5) is 14.2. The number of primary amides is 1. The van der Waals surface area contributed by atoms with E-state index in [2.05, 4.69) is 15.2 Å². The van der Waals surface area contributed by atoms with Gasteiger partial charge in [-0.15, -0.1) is 5.10 Å². The van der Waals surface area contributed by atoms with Crippen LogP contribution < -0.4 is 16.2 Å². The molecule has 2 heterocycles. The van der Waals surface area contributed by atoms with Crippen molar-refractivity contribution in [2.24, 2.45) is 11.7 Å². The number of aromatic nitrogens is 3. The summed E-state index contributed by atoms with van der Waals surface area (Å²) in [5.74, 6) is 0.342. The van der Waals surface area contributed by atoms with Crippen LogP contribution in [0.4, 0.5) is 5.69 Å². The van der Waals surface area contributed by atoms with Crippen LogP contribution >= 0.6 is 11.6 Å². The van der Waals surface area contributed by atoms with Gasteiger partial charge in [0.05, 0.1) is 29.6 Å². The van der Waals surface area contributed by atoms with E-state index in [1.54, 1.807) is 6.20 Å². The second kappa shape index (κ2) is 9.25. The lowest BCUT2D eigenvalue weighted by Crippen LogP contribution is -2.35. The number of likely N-dealkylation sites (tertiary alicyclic amines) is 1. The van der Waals surface area contributed by atoms with Crippen LogP contribution in [0.25, 0.3) is 0 Å². The molecule has 0 unspecified atom stereocenters. The molecule has 4 N–H and O–H groups in total. The molecular weight excluding hydrogens is 380 g/mol. The van der Waals surface area contributed by atoms with Crippen LogP contribution in [-0.4, -0.2) is 52.5 Å². The molecule has 8 nitrogen and oxygen atoms in total. The Balaban J connectivity index is 1.57. The molecule has 9 heteroatoms. The summed E-state index contributed by atoms with van der Waals surface area (Å²) in [5, 5.41) is 8.15. The second-order valence-electron chi connectivity index (χ2n) is 7.20. The minimum absolute atomic E-state index is 0.280. The molecule has 0 bridgehead atoms. The summed E-state index contributed by atoms with van der Waals surface area (Å²) in [7, 11) is 1.52. The molecule has 28 heavy (non-hydrogen) atoms. The molecule has 0 atom stereocenters. The molecule has 1 amide bonds. The first kappa shape index (κ1) is 20.4. The van der Waals surface area contributed by atoms with Gasteiger partial charge in [-0.05, 0) is 57.3 Å². The van der Waals surface area contributed by atoms with Gasteiger partial charge in [-0.3, -0.25) is 9.48 Å². The fraction of sp³-hybridized carbons (Fsp3) is 0.526. The monoisotopic (exact) mass is 406 g/mol. The Morgan fingerprint density at radius 2 is 2.11 bits per heavy atom. The fourth-order valence-corrected chi connectivity index (χ4v) is 4.05. The van der Waals surface area contributed by atoms with Gasteiger partial charge < -0.3 is 21.1 Å². The Hall–Kier alpha value is -2.32. The molecule has 1 aromatic carbocycles. The summed E-state index contributed by atoms with van der Waals surface area (Å²) in [6.07, 6.45) is 7.47. The number of aryl methyl sites for hydroxylation is 1. The predicted octanol–water partition coefficient (Wildman–Crippen LogP) is 1.97. The molecule has 152 valence electrons. The highest BCUT2D eigenvalue weighted by Gasteiger charge is 2.25. The maximum atomic E-state index is 11.7. The fourth-order valence-electron chi connectivity index (χ4n) is 3.83. The first-order chi connectivity index (χ1) is 13.5. The number of nitrogens with two attached hydrogens (primary N) is 2. The summed E-state index contributed by atoms with van der Waals surface area (Å²) >= 11 is 6.22. The van der Waals surface area contributed by atoms with Gasteiger partial charge in [0, 0.05) is 18.3 Å². The lowest BCUT2D eigenvalue weighted by Gasteiger charge is -2.32. The highest BCUT2D eigenvalue weighted by molar-refractivity contribution is 6.33. The van der Waals surface area contributed by atoms with Crippen molar-refractivity contribution < 1.29 is 9.53 Å². The van der Waals surface area contributed by atoms with Crippen LogP contribution in [0, 0.1) is 5.92 Å². The Bertz CT molecular complexity index is 803. The number of methoxy groups -OCH3 is 1. The van der Waals surface area contributed by atoms with E-state index in [1.165, 1.54) is 13.2 Å². The van der Waals surface area contributed by atoms with E-state index >= 15 is 0 Å². The summed E-state index contributed by atoms with van der Waals surface area (Å²) < 4.78 is 7.32. The summed E-state index contributed by atoms with van der Waals surface area (Å²) in [5.41, 5.74) is 13.2. The Labute approximate surface area is 169 Å². The summed E-state index contributed by atoms with van der Waals surface area (Å²) in [6, 6.07) is 1.49. The molecular formula is C19H27ClN6O2. The molecule has 1 aliphatic heterocycles. The number of carbonyl (C=O) groups excluding carboxylic acids is 1. The van der Waals surface area contributed by atoms with E-state index in [0.29, 0.717) is 22.4 Å². The number of amides is 1. The lowest BCUT2D eigenvalue weighted by molar-refractivity contribution is 0.0997. The van der Waals surface area contributed by atoms with Gasteiger partial charge in [-0.2, -0.15) is 0 Å². The molecule has 0 spiro atoms. The minimum Gasteiger partial charge on any atom is -0.496 e. The number of nitrogens with zero attached hydrogens (tertiary/aromatic N) is 4. The zero-order chi connectivity index (χ0) is 20.1.